The van der Waals surface area contributed by atoms with Gasteiger partial charge in [-0.3, -0.25) is 14.4 Å². The summed E-state index contributed by atoms with van der Waals surface area (Å²) in [5.74, 6) is 0.580. The normalized spacial score (nSPS) is 27.6. The molecule has 0 aromatic rings. The van der Waals surface area contributed by atoms with Crippen LogP contribution in [0.3, 0.4) is 0 Å². The van der Waals surface area contributed by atoms with E-state index in [1.54, 1.807) is 9.80 Å². The second kappa shape index (κ2) is 20.8. The summed E-state index contributed by atoms with van der Waals surface area (Å²) >= 11 is 0. The van der Waals surface area contributed by atoms with Crippen LogP contribution in [0.25, 0.3) is 0 Å². The lowest BCUT2D eigenvalue weighted by Gasteiger charge is -2.38. The van der Waals surface area contributed by atoms with E-state index in [-0.39, 0.29) is 60.1 Å². The smallest absolute Gasteiger partial charge is 0.410 e. The van der Waals surface area contributed by atoms with Gasteiger partial charge in [0, 0.05) is 64.2 Å². The first-order valence-corrected chi connectivity index (χ1v) is 19.7. The molecule has 0 radical (unpaired) electrons. The fourth-order valence-electron chi connectivity index (χ4n) is 7.73. The van der Waals surface area contributed by atoms with Gasteiger partial charge < -0.3 is 39.5 Å². The zero-order valence-electron chi connectivity index (χ0n) is 34.0. The van der Waals surface area contributed by atoms with E-state index >= 15 is 0 Å². The molecule has 5 rings (SSSR count). The number of amides is 4. The molecule has 13 nitrogen and oxygen atoms in total. The van der Waals surface area contributed by atoms with Crippen molar-refractivity contribution >= 4 is 42.4 Å². The van der Waals surface area contributed by atoms with Gasteiger partial charge in [-0.05, 0) is 117 Å². The number of nitrogens with zero attached hydrogens (tertiary/aromatic N) is 4. The highest BCUT2D eigenvalue weighted by atomic mass is 35.5. The van der Waals surface area contributed by atoms with Crippen molar-refractivity contribution in [3.05, 3.63) is 0 Å². The number of nitrogens with one attached hydrogen (secondary N) is 1. The van der Waals surface area contributed by atoms with E-state index in [1.807, 2.05) is 53.4 Å². The Kier molecular flexibility index (Phi) is 18.2. The highest BCUT2D eigenvalue weighted by Crippen LogP contribution is 2.28. The van der Waals surface area contributed by atoms with Crippen LogP contribution in [0.15, 0.2) is 0 Å². The molecular formula is C39H70ClN5O8. The van der Waals surface area contributed by atoms with Crippen LogP contribution in [0.5, 0.6) is 0 Å². The molecule has 4 amide bonds. The van der Waals surface area contributed by atoms with E-state index in [1.165, 1.54) is 12.8 Å². The Hall–Kier alpha value is -2.80. The summed E-state index contributed by atoms with van der Waals surface area (Å²) < 4.78 is 10.7. The number of piperidine rings is 3. The van der Waals surface area contributed by atoms with Gasteiger partial charge in [-0.1, -0.05) is 20.8 Å². The summed E-state index contributed by atoms with van der Waals surface area (Å²) in [5.41, 5.74) is -0.980. The van der Waals surface area contributed by atoms with Crippen LogP contribution in [0.4, 0.5) is 9.59 Å². The Morgan fingerprint density at radius 2 is 0.943 bits per heavy atom. The Bertz CT molecular complexity index is 1210. The molecule has 0 aliphatic carbocycles. The Morgan fingerprint density at radius 3 is 1.28 bits per heavy atom. The number of carbonyl (C=O) groups is 5. The monoisotopic (exact) mass is 771 g/mol. The van der Waals surface area contributed by atoms with E-state index in [9.17, 15) is 24.0 Å². The zero-order chi connectivity index (χ0) is 38.8. The fraction of sp³-hybridized carbons (Fsp3) is 0.872. The first kappa shape index (κ1) is 46.4. The second-order valence-electron chi connectivity index (χ2n) is 17.6. The number of rotatable bonds is 3. The maximum atomic E-state index is 12.5. The summed E-state index contributed by atoms with van der Waals surface area (Å²) in [7, 11) is 0. The molecule has 0 aromatic heterocycles. The van der Waals surface area contributed by atoms with Crippen molar-refractivity contribution in [2.75, 3.05) is 65.4 Å². The van der Waals surface area contributed by atoms with Crippen LogP contribution < -0.4 is 5.32 Å². The number of carbonyl (C=O) groups excluding carboxylic acids is 4. The van der Waals surface area contributed by atoms with Gasteiger partial charge in [0.25, 0.3) is 0 Å². The first-order chi connectivity index (χ1) is 24.3. The second-order valence-corrected chi connectivity index (χ2v) is 17.6. The van der Waals surface area contributed by atoms with Crippen LogP contribution in [-0.4, -0.2) is 131 Å². The molecule has 5 aliphatic rings. The van der Waals surface area contributed by atoms with Crippen LogP contribution in [0.2, 0.25) is 0 Å². The van der Waals surface area contributed by atoms with E-state index in [2.05, 4.69) is 24.1 Å². The summed E-state index contributed by atoms with van der Waals surface area (Å²) in [6.07, 6.45) is 6.29. The molecule has 0 spiro atoms. The molecule has 53 heavy (non-hydrogen) atoms. The average molecular weight is 772 g/mol. The van der Waals surface area contributed by atoms with E-state index in [0.29, 0.717) is 44.4 Å². The molecule has 14 heteroatoms. The predicted molar refractivity (Wildman–Crippen MR) is 207 cm³/mol. The van der Waals surface area contributed by atoms with Gasteiger partial charge in [0.05, 0.1) is 5.92 Å². The highest BCUT2D eigenvalue weighted by molar-refractivity contribution is 5.85. The molecule has 5 fully saturated rings. The predicted octanol–water partition coefficient (Wildman–Crippen LogP) is 5.74. The molecule has 0 saturated carbocycles. The van der Waals surface area contributed by atoms with Gasteiger partial charge in [0.15, 0.2) is 0 Å². The standard InChI is InChI=1S/C16H28N2O3.C12H21NO4.C11H20N2O.ClH/c1-12-11-18(15(20)21-16(2,3)4)10-7-13(12)14(19)17-8-5-6-9-17;1-8-7-13(6-5-9(8)10(14)15)11(16)17-12(2,3)4;1-9-8-12-5-4-10(9)11(14)13-6-2-3-7-13;/h12-13H,5-11H2,1-4H3;8-9H,5-7H2,1-4H3,(H,14,15);9-10,12H,2-8H2,1H3;1H. The summed E-state index contributed by atoms with van der Waals surface area (Å²) in [4.78, 5) is 66.8. The quantitative estimate of drug-likeness (QED) is 0.366. The highest BCUT2D eigenvalue weighted by Gasteiger charge is 2.38. The molecule has 306 valence electrons. The van der Waals surface area contributed by atoms with Crippen molar-refractivity contribution in [3.63, 3.8) is 0 Å². The van der Waals surface area contributed by atoms with E-state index in [0.717, 1.165) is 65.0 Å². The van der Waals surface area contributed by atoms with Gasteiger partial charge in [-0.25, -0.2) is 9.59 Å². The van der Waals surface area contributed by atoms with Gasteiger partial charge in [-0.2, -0.15) is 0 Å². The minimum Gasteiger partial charge on any atom is -0.481 e. The number of hydrogen-bond acceptors (Lipinski definition) is 8. The molecule has 6 atom stereocenters. The molecule has 5 saturated heterocycles. The van der Waals surface area contributed by atoms with Gasteiger partial charge in [0.1, 0.15) is 11.2 Å². The van der Waals surface area contributed by atoms with E-state index < -0.39 is 17.2 Å². The fourth-order valence-corrected chi connectivity index (χ4v) is 7.73. The lowest BCUT2D eigenvalue weighted by molar-refractivity contribution is -0.145. The summed E-state index contributed by atoms with van der Waals surface area (Å²) in [5, 5.41) is 12.3. The maximum Gasteiger partial charge on any atom is 0.410 e. The molecule has 0 bridgehead atoms. The van der Waals surface area contributed by atoms with Crippen molar-refractivity contribution in [1.82, 2.24) is 24.9 Å². The number of carboxylic acid groups (broad SMARTS) is 1. The molecule has 0 aromatic carbocycles. The average Bonchev–Trinajstić information content (AvgIpc) is 3.79. The van der Waals surface area contributed by atoms with Gasteiger partial charge in [-0.15, -0.1) is 12.4 Å². The Balaban J connectivity index is 0.000000278. The van der Waals surface area contributed by atoms with Crippen LogP contribution in [-0.2, 0) is 23.9 Å². The van der Waals surface area contributed by atoms with Crippen LogP contribution in [0, 0.1) is 35.5 Å². The molecule has 5 aliphatic heterocycles. The van der Waals surface area contributed by atoms with Crippen molar-refractivity contribution in [3.8, 4) is 0 Å². The third-order valence-corrected chi connectivity index (χ3v) is 10.7. The number of halogens is 1. The van der Waals surface area contributed by atoms with Crippen molar-refractivity contribution in [1.29, 1.82) is 0 Å². The lowest BCUT2D eigenvalue weighted by Crippen LogP contribution is -2.49. The third kappa shape index (κ3) is 14.8. The summed E-state index contributed by atoms with van der Waals surface area (Å²) in [6.45, 7) is 25.1. The maximum absolute atomic E-state index is 12.5. The number of aliphatic carboxylic acids is 1. The number of likely N-dealkylation sites (tertiary alicyclic amines) is 4. The third-order valence-electron chi connectivity index (χ3n) is 10.7. The lowest BCUT2D eigenvalue weighted by atomic mass is 9.86. The topological polar surface area (TPSA) is 149 Å². The number of hydrogen-bond donors (Lipinski definition) is 2. The number of carboxylic acids is 1. The van der Waals surface area contributed by atoms with Crippen molar-refractivity contribution < 1.29 is 38.6 Å². The molecule has 5 heterocycles. The zero-order valence-corrected chi connectivity index (χ0v) is 34.8. The van der Waals surface area contributed by atoms with Gasteiger partial charge in [0.2, 0.25) is 11.8 Å². The minimum absolute atomic E-state index is 0. The minimum atomic E-state index is -0.777. The molecular weight excluding hydrogens is 702 g/mol. The summed E-state index contributed by atoms with van der Waals surface area (Å²) in [6, 6.07) is 0. The van der Waals surface area contributed by atoms with Crippen molar-refractivity contribution in [2.45, 2.75) is 118 Å². The first-order valence-electron chi connectivity index (χ1n) is 19.7. The molecule has 2 N–H and O–H groups in total. The largest absolute Gasteiger partial charge is 0.481 e. The van der Waals surface area contributed by atoms with Gasteiger partial charge >= 0.3 is 18.2 Å². The SMILES string of the molecule is CC1CN(C(=O)OC(C)(C)C)CCC1C(=O)N1CCCC1.CC1CN(C(=O)OC(C)(C)C)CCC1C(=O)O.CC1CNCCC1C(=O)N1CCCC1.Cl. The van der Waals surface area contributed by atoms with Crippen LogP contribution >= 0.6 is 12.4 Å². The van der Waals surface area contributed by atoms with E-state index in [4.69, 9.17) is 14.6 Å². The molecule has 6 unspecified atom stereocenters. The van der Waals surface area contributed by atoms with Crippen molar-refractivity contribution in [2.24, 2.45) is 35.5 Å². The Labute approximate surface area is 324 Å². The number of ether oxygens (including phenoxy) is 2. The Morgan fingerprint density at radius 1 is 0.566 bits per heavy atom. The van der Waals surface area contributed by atoms with Crippen LogP contribution in [0.1, 0.15) is 107 Å².